The minimum absolute atomic E-state index is 0.169. The minimum atomic E-state index is -0.823. The third-order valence-electron chi connectivity index (χ3n) is 13.1. The second-order valence-corrected chi connectivity index (χ2v) is 18.0. The molecule has 2 aromatic carbocycles. The van der Waals surface area contributed by atoms with Gasteiger partial charge in [0.1, 0.15) is 5.56 Å². The fourth-order valence-electron chi connectivity index (χ4n) is 12.0. The van der Waals surface area contributed by atoms with E-state index in [-0.39, 0.29) is 16.4 Å². The van der Waals surface area contributed by atoms with Gasteiger partial charge in [0.25, 0.3) is 5.56 Å². The monoisotopic (exact) mass is 774 g/mol. The molecule has 8 fully saturated rings. The molecular formula is C38H40Br2N4O4. The summed E-state index contributed by atoms with van der Waals surface area (Å²) in [6.07, 6.45) is 16.4. The summed E-state index contributed by atoms with van der Waals surface area (Å²) in [6, 6.07) is 11.5. The average Bonchev–Trinajstić information content (AvgIpc) is 3.01. The molecule has 0 spiro atoms. The van der Waals surface area contributed by atoms with E-state index in [1.54, 1.807) is 0 Å². The fraction of sp³-hybridized carbons (Fsp3) is 0.526. The first-order valence-corrected chi connectivity index (χ1v) is 19.2. The van der Waals surface area contributed by atoms with Crippen LogP contribution in [0.15, 0.2) is 59.9 Å². The SMILES string of the molecule is O=C(N=Cc1c(O)n(-c2ccc(C34CC5CC(CC(C5)C3)C4)cc2Br)c(=O)[nH]c1=O)Nc1cc(C23CC4CC(CC(C4)C2)C3)ccc1Br. The normalized spacial score (nSPS) is 34.3. The number of nitrogens with zero attached hydrogens (tertiary/aromatic N) is 2. The van der Waals surface area contributed by atoms with Crippen molar-refractivity contribution in [3.8, 4) is 11.6 Å². The molecule has 8 nitrogen and oxygen atoms in total. The number of aromatic hydroxyl groups is 1. The van der Waals surface area contributed by atoms with Gasteiger partial charge in [0.05, 0.1) is 17.6 Å². The fourth-order valence-corrected chi connectivity index (χ4v) is 12.9. The Morgan fingerprint density at radius 2 is 1.29 bits per heavy atom. The van der Waals surface area contributed by atoms with Gasteiger partial charge in [0, 0.05) is 8.95 Å². The lowest BCUT2D eigenvalue weighted by Gasteiger charge is -2.57. The number of rotatable bonds is 5. The predicted octanol–water partition coefficient (Wildman–Crippen LogP) is 8.34. The van der Waals surface area contributed by atoms with Crippen LogP contribution in [-0.4, -0.2) is 26.9 Å². The summed E-state index contributed by atoms with van der Waals surface area (Å²) >= 11 is 7.26. The first-order valence-electron chi connectivity index (χ1n) is 17.6. The molecule has 2 amide bonds. The maximum atomic E-state index is 13.1. The number of aliphatic imine (C=N–C) groups is 1. The number of halogens is 2. The molecule has 250 valence electrons. The summed E-state index contributed by atoms with van der Waals surface area (Å²) in [5.74, 6) is 4.23. The predicted molar refractivity (Wildman–Crippen MR) is 192 cm³/mol. The van der Waals surface area contributed by atoms with Crippen molar-refractivity contribution < 1.29 is 9.90 Å². The van der Waals surface area contributed by atoms with Gasteiger partial charge >= 0.3 is 11.7 Å². The molecule has 0 aliphatic heterocycles. The van der Waals surface area contributed by atoms with Crippen molar-refractivity contribution in [1.29, 1.82) is 0 Å². The zero-order valence-corrected chi connectivity index (χ0v) is 30.0. The third kappa shape index (κ3) is 5.10. The molecule has 0 radical (unpaired) electrons. The number of aromatic nitrogens is 2. The van der Waals surface area contributed by atoms with Crippen molar-refractivity contribution in [1.82, 2.24) is 9.55 Å². The van der Waals surface area contributed by atoms with Gasteiger partial charge in [-0.2, -0.15) is 0 Å². The van der Waals surface area contributed by atoms with Gasteiger partial charge in [-0.05, 0) is 191 Å². The summed E-state index contributed by atoms with van der Waals surface area (Å²) in [5.41, 5.74) is 2.04. The Labute approximate surface area is 296 Å². The van der Waals surface area contributed by atoms with Crippen molar-refractivity contribution in [3.63, 3.8) is 0 Å². The lowest BCUT2D eigenvalue weighted by atomic mass is 9.48. The molecule has 0 atom stereocenters. The van der Waals surface area contributed by atoms with Crippen LogP contribution in [0.25, 0.3) is 5.69 Å². The Bertz CT molecular complexity index is 1930. The number of anilines is 1. The Hall–Kier alpha value is -2.98. The maximum absolute atomic E-state index is 13.1. The number of benzene rings is 2. The van der Waals surface area contributed by atoms with E-state index >= 15 is 0 Å². The van der Waals surface area contributed by atoms with Crippen molar-refractivity contribution in [2.45, 2.75) is 87.9 Å². The standard InChI is InChI=1S/C38H40Br2N4O4/c39-29-3-1-27(38-16-23-8-24(17-38)10-25(9-23)18-38)12-31(29)42-35(47)41-19-28-33(45)43-36(48)44(34(28)46)32-4-2-26(11-30(32)40)37-13-20-5-21(14-37)7-22(6-20)15-37/h1-4,11-12,19-25,46H,5-10,13-18H2,(H,42,47)(H,43,45,48). The van der Waals surface area contributed by atoms with Crippen molar-refractivity contribution in [2.75, 3.05) is 5.32 Å². The summed E-state index contributed by atoms with van der Waals surface area (Å²) in [7, 11) is 0. The number of hydrogen-bond acceptors (Lipinski definition) is 4. The number of hydrogen-bond donors (Lipinski definition) is 3. The van der Waals surface area contributed by atoms with E-state index in [0.29, 0.717) is 15.8 Å². The van der Waals surface area contributed by atoms with E-state index in [4.69, 9.17) is 0 Å². The highest BCUT2D eigenvalue weighted by Gasteiger charge is 2.53. The quantitative estimate of drug-likeness (QED) is 0.226. The van der Waals surface area contributed by atoms with Gasteiger partial charge in [-0.1, -0.05) is 12.1 Å². The lowest BCUT2D eigenvalue weighted by molar-refractivity contribution is -0.00531. The van der Waals surface area contributed by atoms with Crippen molar-refractivity contribution in [3.05, 3.63) is 82.9 Å². The number of nitrogens with one attached hydrogen (secondary N) is 2. The zero-order chi connectivity index (χ0) is 32.9. The molecular weight excluding hydrogens is 736 g/mol. The highest BCUT2D eigenvalue weighted by atomic mass is 79.9. The molecule has 1 aromatic heterocycles. The molecule has 1 heterocycles. The molecule has 0 saturated heterocycles. The maximum Gasteiger partial charge on any atom is 0.345 e. The van der Waals surface area contributed by atoms with E-state index in [9.17, 15) is 19.5 Å². The second kappa shape index (κ2) is 11.3. The number of carbonyl (C=O) groups excluding carboxylic acids is 1. The zero-order valence-electron chi connectivity index (χ0n) is 26.8. The Kier molecular flexibility index (Phi) is 7.29. The van der Waals surface area contributed by atoms with Crippen LogP contribution in [0, 0.1) is 35.5 Å². The van der Waals surface area contributed by atoms with Crippen molar-refractivity contribution >= 4 is 49.8 Å². The number of urea groups is 1. The molecule has 3 N–H and O–H groups in total. The van der Waals surface area contributed by atoms with E-state index in [1.807, 2.05) is 12.1 Å². The average molecular weight is 777 g/mol. The summed E-state index contributed by atoms with van der Waals surface area (Å²) in [4.78, 5) is 45.3. The van der Waals surface area contributed by atoms with E-state index < -0.39 is 23.2 Å². The molecule has 10 heteroatoms. The molecule has 8 aliphatic rings. The lowest BCUT2D eigenvalue weighted by Crippen LogP contribution is -2.48. The molecule has 0 unspecified atom stereocenters. The van der Waals surface area contributed by atoms with Crippen LogP contribution in [-0.2, 0) is 10.8 Å². The van der Waals surface area contributed by atoms with E-state index in [1.165, 1.54) is 88.2 Å². The summed E-state index contributed by atoms with van der Waals surface area (Å²) in [5, 5.41) is 14.1. The van der Waals surface area contributed by atoms with Crippen LogP contribution in [0.2, 0.25) is 0 Å². The minimum Gasteiger partial charge on any atom is -0.493 e. The molecule has 3 aromatic rings. The molecule has 8 bridgehead atoms. The van der Waals surface area contributed by atoms with Crippen LogP contribution in [0.3, 0.4) is 0 Å². The van der Waals surface area contributed by atoms with Gasteiger partial charge in [0.15, 0.2) is 0 Å². The first-order chi connectivity index (χ1) is 23.1. The van der Waals surface area contributed by atoms with E-state index in [2.05, 4.69) is 71.4 Å². The van der Waals surface area contributed by atoms with Crippen LogP contribution < -0.4 is 16.6 Å². The Morgan fingerprint density at radius 3 is 1.81 bits per heavy atom. The number of amides is 2. The smallest absolute Gasteiger partial charge is 0.345 e. The van der Waals surface area contributed by atoms with Gasteiger partial charge in [-0.3, -0.25) is 9.78 Å². The molecule has 8 aliphatic carbocycles. The van der Waals surface area contributed by atoms with Crippen LogP contribution in [0.1, 0.15) is 93.7 Å². The topological polar surface area (TPSA) is 117 Å². The van der Waals surface area contributed by atoms with E-state index in [0.717, 1.165) is 50.8 Å². The van der Waals surface area contributed by atoms with Crippen LogP contribution in [0.4, 0.5) is 10.5 Å². The summed E-state index contributed by atoms with van der Waals surface area (Å²) < 4.78 is 2.46. The van der Waals surface area contributed by atoms with Crippen LogP contribution in [0.5, 0.6) is 5.88 Å². The number of H-pyrrole nitrogens is 1. The first kappa shape index (κ1) is 31.0. The summed E-state index contributed by atoms with van der Waals surface area (Å²) in [6.45, 7) is 0. The Morgan fingerprint density at radius 1 is 0.792 bits per heavy atom. The number of aromatic amines is 1. The van der Waals surface area contributed by atoms with Gasteiger partial charge in [0.2, 0.25) is 5.88 Å². The third-order valence-corrected chi connectivity index (χ3v) is 14.5. The van der Waals surface area contributed by atoms with Gasteiger partial charge in [-0.15, -0.1) is 0 Å². The van der Waals surface area contributed by atoms with Gasteiger partial charge in [-0.25, -0.2) is 19.1 Å². The second-order valence-electron chi connectivity index (χ2n) is 16.3. The highest BCUT2D eigenvalue weighted by molar-refractivity contribution is 9.11. The Balaban J connectivity index is 0.970. The van der Waals surface area contributed by atoms with Gasteiger partial charge < -0.3 is 10.4 Å². The van der Waals surface area contributed by atoms with Crippen molar-refractivity contribution in [2.24, 2.45) is 40.5 Å². The highest BCUT2D eigenvalue weighted by Crippen LogP contribution is 2.62. The largest absolute Gasteiger partial charge is 0.493 e. The van der Waals surface area contributed by atoms with Crippen LogP contribution >= 0.6 is 31.9 Å². The molecule has 11 rings (SSSR count). The molecule has 8 saturated carbocycles. The number of carbonyl (C=O) groups is 1. The molecule has 48 heavy (non-hydrogen) atoms.